The lowest BCUT2D eigenvalue weighted by Crippen LogP contribution is -2.36. The Bertz CT molecular complexity index is 451. The van der Waals surface area contributed by atoms with Crippen LogP contribution in [0.3, 0.4) is 0 Å². The van der Waals surface area contributed by atoms with E-state index in [2.05, 4.69) is 5.32 Å². The van der Waals surface area contributed by atoms with Crippen molar-refractivity contribution in [2.45, 2.75) is 31.7 Å². The molecular formula is C13H16Cl2N2O2. The minimum absolute atomic E-state index is 0.0974. The highest BCUT2D eigenvalue weighted by atomic mass is 35.5. The summed E-state index contributed by atoms with van der Waals surface area (Å²) in [5.41, 5.74) is 6.05. The highest BCUT2D eigenvalue weighted by molar-refractivity contribution is 6.37. The van der Waals surface area contributed by atoms with E-state index in [1.54, 1.807) is 0 Å². The maximum Gasteiger partial charge on any atom is 0.258 e. The second-order valence-corrected chi connectivity index (χ2v) is 5.47. The van der Waals surface area contributed by atoms with Crippen LogP contribution in [0.25, 0.3) is 0 Å². The normalized spacial score (nSPS) is 15.5. The van der Waals surface area contributed by atoms with Gasteiger partial charge in [-0.1, -0.05) is 36.0 Å². The molecule has 0 saturated heterocycles. The summed E-state index contributed by atoms with van der Waals surface area (Å²) in [5, 5.41) is 3.53. The fourth-order valence-electron chi connectivity index (χ4n) is 2.19. The van der Waals surface area contributed by atoms with E-state index in [1.165, 1.54) is 25.0 Å². The van der Waals surface area contributed by atoms with Crippen molar-refractivity contribution in [3.8, 4) is 5.75 Å². The minimum Gasteiger partial charge on any atom is -0.481 e. The van der Waals surface area contributed by atoms with E-state index in [9.17, 15) is 4.79 Å². The minimum atomic E-state index is -0.157. The molecule has 1 aromatic carbocycles. The third kappa shape index (κ3) is 3.91. The van der Waals surface area contributed by atoms with Gasteiger partial charge in [-0.2, -0.15) is 0 Å². The van der Waals surface area contributed by atoms with Crippen molar-refractivity contribution in [2.24, 2.45) is 0 Å². The van der Waals surface area contributed by atoms with Crippen molar-refractivity contribution in [3.63, 3.8) is 0 Å². The van der Waals surface area contributed by atoms with Crippen molar-refractivity contribution in [3.05, 3.63) is 22.2 Å². The van der Waals surface area contributed by atoms with Crippen LogP contribution in [0.15, 0.2) is 12.1 Å². The summed E-state index contributed by atoms with van der Waals surface area (Å²) in [7, 11) is 0. The lowest BCUT2D eigenvalue weighted by Gasteiger charge is -2.14. The Hall–Kier alpha value is -1.13. The third-order valence-electron chi connectivity index (χ3n) is 3.09. The molecule has 104 valence electrons. The Morgan fingerprint density at radius 1 is 1.32 bits per heavy atom. The Labute approximate surface area is 122 Å². The van der Waals surface area contributed by atoms with Crippen LogP contribution in [-0.4, -0.2) is 18.6 Å². The van der Waals surface area contributed by atoms with Crippen LogP contribution in [0, 0.1) is 0 Å². The zero-order valence-electron chi connectivity index (χ0n) is 10.4. The molecule has 1 aliphatic carbocycles. The van der Waals surface area contributed by atoms with Crippen LogP contribution in [0.2, 0.25) is 10.0 Å². The second-order valence-electron chi connectivity index (χ2n) is 4.65. The summed E-state index contributed by atoms with van der Waals surface area (Å²) < 4.78 is 5.36. The Kier molecular flexibility index (Phi) is 4.77. The van der Waals surface area contributed by atoms with Crippen LogP contribution in [0.5, 0.6) is 5.75 Å². The van der Waals surface area contributed by atoms with Crippen LogP contribution in [0.4, 0.5) is 5.69 Å². The molecule has 0 aliphatic heterocycles. The van der Waals surface area contributed by atoms with Gasteiger partial charge >= 0.3 is 0 Å². The summed E-state index contributed by atoms with van der Waals surface area (Å²) in [6.07, 6.45) is 4.41. The van der Waals surface area contributed by atoms with Crippen molar-refractivity contribution in [1.82, 2.24) is 5.32 Å². The number of hydrogen-bond acceptors (Lipinski definition) is 3. The monoisotopic (exact) mass is 302 g/mol. The molecular weight excluding hydrogens is 287 g/mol. The SMILES string of the molecule is Nc1cc(Cl)c(OCC(=O)NC2CCCC2)c(Cl)c1. The van der Waals surface area contributed by atoms with Gasteiger partial charge in [0.15, 0.2) is 12.4 Å². The van der Waals surface area contributed by atoms with Gasteiger partial charge in [-0.3, -0.25) is 4.79 Å². The predicted octanol–water partition coefficient (Wildman–Crippen LogP) is 3.01. The molecule has 1 aromatic rings. The number of nitrogens with two attached hydrogens (primary N) is 1. The molecule has 3 N–H and O–H groups in total. The molecule has 1 aliphatic rings. The molecule has 0 heterocycles. The van der Waals surface area contributed by atoms with Gasteiger partial charge in [0.05, 0.1) is 10.0 Å². The number of hydrogen-bond donors (Lipinski definition) is 2. The van der Waals surface area contributed by atoms with Crippen molar-refractivity contribution < 1.29 is 9.53 Å². The number of benzene rings is 1. The van der Waals surface area contributed by atoms with E-state index >= 15 is 0 Å². The molecule has 1 fully saturated rings. The van der Waals surface area contributed by atoms with Crippen LogP contribution in [0.1, 0.15) is 25.7 Å². The lowest BCUT2D eigenvalue weighted by molar-refractivity contribution is -0.123. The van der Waals surface area contributed by atoms with Crippen molar-refractivity contribution >= 4 is 34.8 Å². The smallest absolute Gasteiger partial charge is 0.258 e. The summed E-state index contributed by atoms with van der Waals surface area (Å²) in [6, 6.07) is 3.35. The molecule has 0 radical (unpaired) electrons. The maximum absolute atomic E-state index is 11.7. The zero-order chi connectivity index (χ0) is 13.8. The van der Waals surface area contributed by atoms with Gasteiger partial charge in [0.2, 0.25) is 0 Å². The van der Waals surface area contributed by atoms with Crippen LogP contribution < -0.4 is 15.8 Å². The number of rotatable bonds is 4. The van der Waals surface area contributed by atoms with Crippen LogP contribution in [-0.2, 0) is 4.79 Å². The first-order valence-corrected chi connectivity index (χ1v) is 6.98. The van der Waals surface area contributed by atoms with E-state index in [4.69, 9.17) is 33.7 Å². The van der Waals surface area contributed by atoms with Gasteiger partial charge in [-0.05, 0) is 25.0 Å². The largest absolute Gasteiger partial charge is 0.481 e. The van der Waals surface area contributed by atoms with Gasteiger partial charge in [0.25, 0.3) is 5.91 Å². The van der Waals surface area contributed by atoms with Crippen LogP contribution >= 0.6 is 23.2 Å². The molecule has 0 bridgehead atoms. The first-order chi connectivity index (χ1) is 9.06. The van der Waals surface area contributed by atoms with Gasteiger partial charge in [-0.15, -0.1) is 0 Å². The number of carbonyl (C=O) groups excluding carboxylic acids is 1. The molecule has 2 rings (SSSR count). The second kappa shape index (κ2) is 6.35. The van der Waals surface area contributed by atoms with Crippen molar-refractivity contribution in [2.75, 3.05) is 12.3 Å². The molecule has 1 saturated carbocycles. The summed E-state index contributed by atoms with van der Waals surface area (Å²) in [4.78, 5) is 11.7. The summed E-state index contributed by atoms with van der Waals surface area (Å²) in [5.74, 6) is 0.134. The highest BCUT2D eigenvalue weighted by Gasteiger charge is 2.18. The van der Waals surface area contributed by atoms with Gasteiger partial charge in [-0.25, -0.2) is 0 Å². The molecule has 0 spiro atoms. The Morgan fingerprint density at radius 3 is 2.47 bits per heavy atom. The quantitative estimate of drug-likeness (QED) is 0.840. The fraction of sp³-hybridized carbons (Fsp3) is 0.462. The number of halogens is 2. The number of nitrogen functional groups attached to an aromatic ring is 1. The molecule has 19 heavy (non-hydrogen) atoms. The summed E-state index contributed by atoms with van der Waals surface area (Å²) in [6.45, 7) is -0.0974. The number of nitrogens with one attached hydrogen (secondary N) is 1. The summed E-state index contributed by atoms with van der Waals surface area (Å²) >= 11 is 11.9. The first kappa shape index (κ1) is 14.3. The van der Waals surface area contributed by atoms with Crippen molar-refractivity contribution in [1.29, 1.82) is 0 Å². The average molecular weight is 303 g/mol. The van der Waals surface area contributed by atoms with E-state index in [0.717, 1.165) is 12.8 Å². The Morgan fingerprint density at radius 2 is 1.89 bits per heavy atom. The fourth-order valence-corrected chi connectivity index (χ4v) is 2.81. The number of carbonyl (C=O) groups is 1. The average Bonchev–Trinajstić information content (AvgIpc) is 2.80. The molecule has 6 heteroatoms. The van der Waals surface area contributed by atoms with E-state index in [1.807, 2.05) is 0 Å². The van der Waals surface area contributed by atoms with Gasteiger partial charge < -0.3 is 15.8 Å². The molecule has 0 atom stereocenters. The van der Waals surface area contributed by atoms with E-state index in [0.29, 0.717) is 21.5 Å². The van der Waals surface area contributed by atoms with E-state index < -0.39 is 0 Å². The highest BCUT2D eigenvalue weighted by Crippen LogP contribution is 2.34. The molecule has 4 nitrogen and oxygen atoms in total. The van der Waals surface area contributed by atoms with Gasteiger partial charge in [0.1, 0.15) is 0 Å². The van der Waals surface area contributed by atoms with Gasteiger partial charge in [0, 0.05) is 11.7 Å². The zero-order valence-corrected chi connectivity index (χ0v) is 11.9. The first-order valence-electron chi connectivity index (χ1n) is 6.23. The number of amides is 1. The number of ether oxygens (including phenoxy) is 1. The maximum atomic E-state index is 11.7. The number of anilines is 1. The molecule has 0 unspecified atom stereocenters. The topological polar surface area (TPSA) is 64.3 Å². The molecule has 1 amide bonds. The predicted molar refractivity (Wildman–Crippen MR) is 76.8 cm³/mol. The standard InChI is InChI=1S/C13H16Cl2N2O2/c14-10-5-8(16)6-11(15)13(10)19-7-12(18)17-9-3-1-2-4-9/h5-6,9H,1-4,7,16H2,(H,17,18). The third-order valence-corrected chi connectivity index (χ3v) is 3.65. The van der Waals surface area contributed by atoms with E-state index in [-0.39, 0.29) is 18.6 Å². The Balaban J connectivity index is 1.89. The molecule has 0 aromatic heterocycles. The lowest BCUT2D eigenvalue weighted by atomic mass is 10.2.